The number of alkyl halides is 3. The summed E-state index contributed by atoms with van der Waals surface area (Å²) in [6.07, 6.45) is -4.04. The highest BCUT2D eigenvalue weighted by Crippen LogP contribution is 2.20. The van der Waals surface area contributed by atoms with Crippen LogP contribution in [0.1, 0.15) is 23.7 Å². The predicted octanol–water partition coefficient (Wildman–Crippen LogP) is 3.72. The zero-order chi connectivity index (χ0) is 15.9. The van der Waals surface area contributed by atoms with Crippen LogP contribution in [0.5, 0.6) is 0 Å². The van der Waals surface area contributed by atoms with Crippen LogP contribution in [0.4, 0.5) is 13.2 Å². The number of nitrogens with zero attached hydrogens (tertiary/aromatic N) is 1. The largest absolute Gasteiger partial charge is 0.406 e. The first kappa shape index (κ1) is 18.2. The molecule has 0 N–H and O–H groups in total. The molecule has 1 aromatic carbocycles. The molecular weight excluding hydrogens is 398 g/mol. The van der Waals surface area contributed by atoms with E-state index in [9.17, 15) is 18.0 Å². The second-order valence-corrected chi connectivity index (χ2v) is 5.53. The third-order valence-corrected chi connectivity index (χ3v) is 3.62. The van der Waals surface area contributed by atoms with Crippen LogP contribution >= 0.6 is 22.6 Å². The molecule has 0 saturated heterocycles. The van der Waals surface area contributed by atoms with Gasteiger partial charge in [0.1, 0.15) is 6.54 Å². The van der Waals surface area contributed by atoms with E-state index in [2.05, 4.69) is 0 Å². The van der Waals surface area contributed by atoms with Crippen LogP contribution in [0.2, 0.25) is 0 Å². The van der Waals surface area contributed by atoms with Gasteiger partial charge in [0.05, 0.1) is 5.56 Å². The Morgan fingerprint density at radius 3 is 2.57 bits per heavy atom. The summed E-state index contributed by atoms with van der Waals surface area (Å²) in [5, 5.41) is 0. The first-order valence-corrected chi connectivity index (χ1v) is 7.61. The van der Waals surface area contributed by atoms with Gasteiger partial charge in [-0.15, -0.1) is 0 Å². The molecule has 118 valence electrons. The molecule has 7 heteroatoms. The molecule has 1 amide bonds. The summed E-state index contributed by atoms with van der Waals surface area (Å²) in [5.74, 6) is -0.603. The van der Waals surface area contributed by atoms with Crippen LogP contribution in [-0.4, -0.2) is 43.3 Å². The molecule has 0 fully saturated rings. The van der Waals surface area contributed by atoms with Crippen molar-refractivity contribution in [2.45, 2.75) is 19.5 Å². The molecule has 0 radical (unpaired) electrons. The fraction of sp³-hybridized carbons (Fsp3) is 0.500. The van der Waals surface area contributed by atoms with Crippen molar-refractivity contribution < 1.29 is 22.7 Å². The van der Waals surface area contributed by atoms with Crippen molar-refractivity contribution in [3.05, 3.63) is 33.4 Å². The van der Waals surface area contributed by atoms with E-state index in [-0.39, 0.29) is 6.54 Å². The van der Waals surface area contributed by atoms with E-state index in [0.29, 0.717) is 28.8 Å². The average Bonchev–Trinajstić information content (AvgIpc) is 2.41. The van der Waals surface area contributed by atoms with Crippen LogP contribution in [0.25, 0.3) is 0 Å². The van der Waals surface area contributed by atoms with E-state index in [1.165, 1.54) is 6.07 Å². The van der Waals surface area contributed by atoms with Crippen molar-refractivity contribution >= 4 is 28.5 Å². The Morgan fingerprint density at radius 2 is 2.00 bits per heavy atom. The number of benzene rings is 1. The molecule has 0 unspecified atom stereocenters. The molecule has 0 aliphatic carbocycles. The van der Waals surface area contributed by atoms with Gasteiger partial charge in [-0.3, -0.25) is 4.79 Å². The third-order valence-electron chi connectivity index (χ3n) is 2.68. The Labute approximate surface area is 135 Å². The van der Waals surface area contributed by atoms with Gasteiger partial charge in [-0.05, 0) is 48.1 Å². The molecule has 0 atom stereocenters. The van der Waals surface area contributed by atoms with Crippen molar-refractivity contribution in [1.29, 1.82) is 0 Å². The maximum atomic E-state index is 12.6. The van der Waals surface area contributed by atoms with Gasteiger partial charge in [0.2, 0.25) is 0 Å². The highest BCUT2D eigenvalue weighted by Gasteiger charge is 2.33. The van der Waals surface area contributed by atoms with Crippen molar-refractivity contribution in [3.63, 3.8) is 0 Å². The molecule has 0 aliphatic rings. The summed E-state index contributed by atoms with van der Waals surface area (Å²) in [7, 11) is 0. The Morgan fingerprint density at radius 1 is 1.33 bits per heavy atom. The van der Waals surface area contributed by atoms with Crippen LogP contribution in [0, 0.1) is 3.57 Å². The molecule has 0 heterocycles. The van der Waals surface area contributed by atoms with Gasteiger partial charge >= 0.3 is 6.18 Å². The minimum absolute atomic E-state index is 0.0172. The van der Waals surface area contributed by atoms with Gasteiger partial charge in [-0.25, -0.2) is 0 Å². The zero-order valence-corrected chi connectivity index (χ0v) is 13.8. The summed E-state index contributed by atoms with van der Waals surface area (Å²) < 4.78 is 43.6. The number of carbonyl (C=O) groups excluding carboxylic acids is 1. The summed E-state index contributed by atoms with van der Waals surface area (Å²) in [5.41, 5.74) is 0.291. The van der Waals surface area contributed by atoms with Crippen molar-refractivity contribution in [1.82, 2.24) is 4.90 Å². The van der Waals surface area contributed by atoms with E-state index in [1.807, 2.05) is 29.5 Å². The normalized spacial score (nSPS) is 11.5. The molecule has 1 rings (SSSR count). The second-order valence-electron chi connectivity index (χ2n) is 4.37. The lowest BCUT2D eigenvalue weighted by Crippen LogP contribution is -2.40. The van der Waals surface area contributed by atoms with E-state index in [1.54, 1.807) is 18.2 Å². The van der Waals surface area contributed by atoms with Gasteiger partial charge in [0.15, 0.2) is 0 Å². The van der Waals surface area contributed by atoms with Gasteiger partial charge in [0, 0.05) is 23.3 Å². The lowest BCUT2D eigenvalue weighted by atomic mass is 10.2. The summed E-state index contributed by atoms with van der Waals surface area (Å²) in [4.78, 5) is 13.1. The van der Waals surface area contributed by atoms with E-state index >= 15 is 0 Å². The minimum atomic E-state index is -4.42. The zero-order valence-electron chi connectivity index (χ0n) is 11.6. The topological polar surface area (TPSA) is 29.5 Å². The number of rotatable bonds is 7. The Hall–Kier alpha value is -0.830. The molecule has 0 aliphatic heterocycles. The Balaban J connectivity index is 2.79. The van der Waals surface area contributed by atoms with Crippen LogP contribution in [0.3, 0.4) is 0 Å². The number of hydrogen-bond acceptors (Lipinski definition) is 2. The highest BCUT2D eigenvalue weighted by molar-refractivity contribution is 14.1. The average molecular weight is 415 g/mol. The summed E-state index contributed by atoms with van der Waals surface area (Å²) >= 11 is 1.94. The standard InChI is InChI=1S/C14H17F3INO2/c1-2-21-9-5-8-19(10-14(15,16)17)13(20)11-6-3-4-7-12(11)18/h3-4,6-7H,2,5,8-10H2,1H3. The second kappa shape index (κ2) is 8.57. The van der Waals surface area contributed by atoms with Gasteiger partial charge in [-0.2, -0.15) is 13.2 Å². The van der Waals surface area contributed by atoms with Crippen LogP contribution < -0.4 is 0 Å². The number of amides is 1. The summed E-state index contributed by atoms with van der Waals surface area (Å²) in [6.45, 7) is 1.42. The van der Waals surface area contributed by atoms with Gasteiger partial charge < -0.3 is 9.64 Å². The molecule has 0 spiro atoms. The molecule has 21 heavy (non-hydrogen) atoms. The first-order valence-electron chi connectivity index (χ1n) is 6.53. The van der Waals surface area contributed by atoms with E-state index < -0.39 is 18.6 Å². The van der Waals surface area contributed by atoms with Crippen LogP contribution in [-0.2, 0) is 4.74 Å². The molecule has 0 bridgehead atoms. The fourth-order valence-corrected chi connectivity index (χ4v) is 2.39. The summed E-state index contributed by atoms with van der Waals surface area (Å²) in [6, 6.07) is 6.61. The molecule has 3 nitrogen and oxygen atoms in total. The molecular formula is C14H17F3INO2. The predicted molar refractivity (Wildman–Crippen MR) is 82.2 cm³/mol. The first-order chi connectivity index (χ1) is 9.85. The number of halogens is 4. The van der Waals surface area contributed by atoms with Crippen LogP contribution in [0.15, 0.2) is 24.3 Å². The number of hydrogen-bond donors (Lipinski definition) is 0. The highest BCUT2D eigenvalue weighted by atomic mass is 127. The minimum Gasteiger partial charge on any atom is -0.382 e. The Bertz CT molecular complexity index is 466. The van der Waals surface area contributed by atoms with E-state index in [4.69, 9.17) is 4.74 Å². The molecule has 1 aromatic rings. The number of ether oxygens (including phenoxy) is 1. The van der Waals surface area contributed by atoms with E-state index in [0.717, 1.165) is 4.90 Å². The smallest absolute Gasteiger partial charge is 0.382 e. The SMILES string of the molecule is CCOCCCN(CC(F)(F)F)C(=O)c1ccccc1I. The van der Waals surface area contributed by atoms with Crippen molar-refractivity contribution in [2.75, 3.05) is 26.3 Å². The van der Waals surface area contributed by atoms with Gasteiger partial charge in [-0.1, -0.05) is 12.1 Å². The van der Waals surface area contributed by atoms with Crippen molar-refractivity contribution in [2.24, 2.45) is 0 Å². The lowest BCUT2D eigenvalue weighted by molar-refractivity contribution is -0.141. The maximum Gasteiger partial charge on any atom is 0.406 e. The lowest BCUT2D eigenvalue weighted by Gasteiger charge is -2.24. The Kier molecular flexibility index (Phi) is 7.44. The molecule has 0 aromatic heterocycles. The fourth-order valence-electron chi connectivity index (χ4n) is 1.78. The quantitative estimate of drug-likeness (QED) is 0.502. The monoisotopic (exact) mass is 415 g/mol. The molecule has 0 saturated carbocycles. The third kappa shape index (κ3) is 6.64. The van der Waals surface area contributed by atoms with Gasteiger partial charge in [0.25, 0.3) is 5.91 Å². The van der Waals surface area contributed by atoms with Crippen molar-refractivity contribution in [3.8, 4) is 0 Å². The maximum absolute atomic E-state index is 12.6. The number of carbonyl (C=O) groups is 1.